The molecule has 0 radical (unpaired) electrons. The molecule has 1 aliphatic carbocycles. The summed E-state index contributed by atoms with van der Waals surface area (Å²) in [4.78, 5) is 29.1. The lowest BCUT2D eigenvalue weighted by molar-refractivity contribution is 0.0378. The highest BCUT2D eigenvalue weighted by atomic mass is 16.5. The summed E-state index contributed by atoms with van der Waals surface area (Å²) in [5, 5.41) is 0. The van der Waals surface area contributed by atoms with Gasteiger partial charge in [-0.25, -0.2) is 9.78 Å². The standard InChI is InChI=1S/C19H22N2O3/c1-12(2)24-19(23)15-9-7-14(8-10-15)11-21-13(3)20-17-6-4-5-16(17)18(21)22/h7-10,12H,4-6,11H2,1-3H3. The fraction of sp³-hybridized carbons (Fsp3) is 0.421. The number of esters is 1. The second kappa shape index (κ2) is 6.59. The number of fused-ring (bicyclic) bond motifs is 1. The van der Waals surface area contributed by atoms with Crippen molar-refractivity contribution in [1.29, 1.82) is 0 Å². The normalized spacial score (nSPS) is 13.2. The van der Waals surface area contributed by atoms with Gasteiger partial charge in [0, 0.05) is 5.56 Å². The van der Waals surface area contributed by atoms with Gasteiger partial charge in [0.1, 0.15) is 5.82 Å². The van der Waals surface area contributed by atoms with Crippen molar-refractivity contribution in [2.75, 3.05) is 0 Å². The second-order valence-corrected chi connectivity index (χ2v) is 6.48. The molecule has 126 valence electrons. The third kappa shape index (κ3) is 3.25. The Morgan fingerprint density at radius 2 is 1.96 bits per heavy atom. The van der Waals surface area contributed by atoms with Crippen LogP contribution in [0.15, 0.2) is 29.1 Å². The summed E-state index contributed by atoms with van der Waals surface area (Å²) in [6.07, 6.45) is 2.59. The van der Waals surface area contributed by atoms with Crippen molar-refractivity contribution in [3.63, 3.8) is 0 Å². The first-order valence-electron chi connectivity index (χ1n) is 8.35. The predicted molar refractivity (Wildman–Crippen MR) is 91.4 cm³/mol. The zero-order chi connectivity index (χ0) is 17.3. The highest BCUT2D eigenvalue weighted by molar-refractivity contribution is 5.89. The van der Waals surface area contributed by atoms with Crippen LogP contribution >= 0.6 is 0 Å². The van der Waals surface area contributed by atoms with Crippen LogP contribution in [0.3, 0.4) is 0 Å². The topological polar surface area (TPSA) is 61.2 Å². The van der Waals surface area contributed by atoms with Crippen LogP contribution in [-0.4, -0.2) is 21.6 Å². The minimum Gasteiger partial charge on any atom is -0.459 e. The lowest BCUT2D eigenvalue weighted by Crippen LogP contribution is -2.27. The van der Waals surface area contributed by atoms with Crippen molar-refractivity contribution < 1.29 is 9.53 Å². The molecule has 0 bridgehead atoms. The Morgan fingerprint density at radius 3 is 2.62 bits per heavy atom. The van der Waals surface area contributed by atoms with Gasteiger partial charge in [-0.3, -0.25) is 9.36 Å². The predicted octanol–water partition coefficient (Wildman–Crippen LogP) is 2.65. The van der Waals surface area contributed by atoms with Gasteiger partial charge in [-0.2, -0.15) is 0 Å². The first-order valence-corrected chi connectivity index (χ1v) is 8.35. The number of hydrogen-bond acceptors (Lipinski definition) is 4. The fourth-order valence-electron chi connectivity index (χ4n) is 3.04. The average molecular weight is 326 g/mol. The quantitative estimate of drug-likeness (QED) is 0.811. The maximum Gasteiger partial charge on any atom is 0.338 e. The first-order chi connectivity index (χ1) is 11.5. The Morgan fingerprint density at radius 1 is 1.25 bits per heavy atom. The van der Waals surface area contributed by atoms with Crippen LogP contribution in [0.4, 0.5) is 0 Å². The second-order valence-electron chi connectivity index (χ2n) is 6.48. The summed E-state index contributed by atoms with van der Waals surface area (Å²) in [5.41, 5.74) is 3.36. The number of benzene rings is 1. The van der Waals surface area contributed by atoms with E-state index in [1.165, 1.54) is 0 Å². The number of carbonyl (C=O) groups excluding carboxylic acids is 1. The molecule has 1 aromatic carbocycles. The van der Waals surface area contributed by atoms with E-state index < -0.39 is 0 Å². The molecule has 0 N–H and O–H groups in total. The summed E-state index contributed by atoms with van der Waals surface area (Å²) in [6.45, 7) is 5.98. The highest BCUT2D eigenvalue weighted by Crippen LogP contribution is 2.17. The Bertz CT molecular complexity index is 820. The van der Waals surface area contributed by atoms with Gasteiger partial charge >= 0.3 is 5.97 Å². The summed E-state index contributed by atoms with van der Waals surface area (Å²) in [7, 11) is 0. The van der Waals surface area contributed by atoms with Crippen molar-refractivity contribution in [2.24, 2.45) is 0 Å². The van der Waals surface area contributed by atoms with E-state index in [1.54, 1.807) is 16.7 Å². The summed E-state index contributed by atoms with van der Waals surface area (Å²) < 4.78 is 6.89. The van der Waals surface area contributed by atoms with Gasteiger partial charge in [-0.05, 0) is 57.7 Å². The van der Waals surface area contributed by atoms with Crippen molar-refractivity contribution in [3.8, 4) is 0 Å². The van der Waals surface area contributed by atoms with Gasteiger partial charge < -0.3 is 4.74 Å². The maximum absolute atomic E-state index is 12.6. The van der Waals surface area contributed by atoms with E-state index in [2.05, 4.69) is 4.98 Å². The van der Waals surface area contributed by atoms with Gasteiger partial charge in [0.15, 0.2) is 0 Å². The average Bonchev–Trinajstić information content (AvgIpc) is 2.99. The molecule has 5 heteroatoms. The molecule has 1 aromatic heterocycles. The summed E-state index contributed by atoms with van der Waals surface area (Å²) in [5.74, 6) is 0.410. The molecule has 1 aliphatic rings. The third-order valence-electron chi connectivity index (χ3n) is 4.25. The molecule has 5 nitrogen and oxygen atoms in total. The molecule has 0 saturated carbocycles. The van der Waals surface area contributed by atoms with Crippen molar-refractivity contribution in [2.45, 2.75) is 52.7 Å². The Kier molecular flexibility index (Phi) is 4.51. The molecular formula is C19H22N2O3. The zero-order valence-corrected chi connectivity index (χ0v) is 14.3. The van der Waals surface area contributed by atoms with Gasteiger partial charge in [-0.1, -0.05) is 12.1 Å². The molecule has 0 spiro atoms. The smallest absolute Gasteiger partial charge is 0.338 e. The Balaban J connectivity index is 1.83. The van der Waals surface area contributed by atoms with E-state index in [-0.39, 0.29) is 17.6 Å². The number of hydrogen-bond donors (Lipinski definition) is 0. The molecule has 0 aliphatic heterocycles. The summed E-state index contributed by atoms with van der Waals surface area (Å²) >= 11 is 0. The Labute approximate surface area is 141 Å². The summed E-state index contributed by atoms with van der Waals surface area (Å²) in [6, 6.07) is 7.19. The molecule has 0 saturated heterocycles. The van der Waals surface area contributed by atoms with E-state index in [9.17, 15) is 9.59 Å². The molecule has 3 rings (SSSR count). The van der Waals surface area contributed by atoms with Crippen LogP contribution in [-0.2, 0) is 24.1 Å². The monoisotopic (exact) mass is 326 g/mol. The van der Waals surface area contributed by atoms with Crippen LogP contribution in [0.5, 0.6) is 0 Å². The number of carbonyl (C=O) groups is 1. The molecule has 24 heavy (non-hydrogen) atoms. The number of aromatic nitrogens is 2. The van der Waals surface area contributed by atoms with Gasteiger partial charge in [0.2, 0.25) is 0 Å². The minimum absolute atomic E-state index is 0.0679. The van der Waals surface area contributed by atoms with Crippen molar-refractivity contribution >= 4 is 5.97 Å². The lowest BCUT2D eigenvalue weighted by atomic mass is 10.1. The van der Waals surface area contributed by atoms with Crippen molar-refractivity contribution in [3.05, 3.63) is 62.8 Å². The van der Waals surface area contributed by atoms with Crippen molar-refractivity contribution in [1.82, 2.24) is 9.55 Å². The van der Waals surface area contributed by atoms with Gasteiger partial charge in [-0.15, -0.1) is 0 Å². The van der Waals surface area contributed by atoms with E-state index >= 15 is 0 Å². The van der Waals surface area contributed by atoms with Crippen LogP contribution in [0, 0.1) is 6.92 Å². The number of nitrogens with zero attached hydrogens (tertiary/aromatic N) is 2. The van der Waals surface area contributed by atoms with E-state index in [0.29, 0.717) is 12.1 Å². The minimum atomic E-state index is -0.330. The van der Waals surface area contributed by atoms with Crippen LogP contribution in [0.1, 0.15) is 53.3 Å². The van der Waals surface area contributed by atoms with E-state index in [4.69, 9.17) is 4.74 Å². The molecular weight excluding hydrogens is 304 g/mol. The molecule has 0 unspecified atom stereocenters. The maximum atomic E-state index is 12.6. The number of rotatable bonds is 4. The molecule has 0 fully saturated rings. The van der Waals surface area contributed by atoms with Gasteiger partial charge in [0.05, 0.1) is 23.9 Å². The SMILES string of the molecule is Cc1nc2c(c(=O)n1Cc1ccc(C(=O)OC(C)C)cc1)CCC2. The lowest BCUT2D eigenvalue weighted by Gasteiger charge is -2.12. The van der Waals surface area contributed by atoms with Crippen LogP contribution < -0.4 is 5.56 Å². The zero-order valence-electron chi connectivity index (χ0n) is 14.3. The van der Waals surface area contributed by atoms with E-state index in [0.717, 1.165) is 41.9 Å². The number of ether oxygens (including phenoxy) is 1. The number of aryl methyl sites for hydroxylation is 2. The van der Waals surface area contributed by atoms with Crippen LogP contribution in [0.25, 0.3) is 0 Å². The van der Waals surface area contributed by atoms with Gasteiger partial charge in [0.25, 0.3) is 5.56 Å². The Hall–Kier alpha value is -2.43. The molecule has 0 atom stereocenters. The fourth-order valence-corrected chi connectivity index (χ4v) is 3.04. The van der Waals surface area contributed by atoms with Crippen LogP contribution in [0.2, 0.25) is 0 Å². The molecule has 0 amide bonds. The van der Waals surface area contributed by atoms with E-state index in [1.807, 2.05) is 32.9 Å². The third-order valence-corrected chi connectivity index (χ3v) is 4.25. The largest absolute Gasteiger partial charge is 0.459 e. The highest BCUT2D eigenvalue weighted by Gasteiger charge is 2.19. The molecule has 2 aromatic rings. The molecule has 1 heterocycles. The first kappa shape index (κ1) is 16.4.